The van der Waals surface area contributed by atoms with Gasteiger partial charge in [-0.25, -0.2) is 14.3 Å². The molecule has 1 aromatic heterocycles. The highest BCUT2D eigenvalue weighted by molar-refractivity contribution is 9.09. The number of nitrogens with one attached hydrogen (secondary N) is 2. The maximum atomic E-state index is 13.5. The predicted octanol–water partition coefficient (Wildman–Crippen LogP) is 0.439. The number of aromatic nitrogens is 2. The van der Waals surface area contributed by atoms with Crippen LogP contribution in [0.4, 0.5) is 4.39 Å². The molecule has 0 spiro atoms. The Hall–Kier alpha value is -1.37. The standard InChI is InChI=1S/C15H24BrFN3O8P/c1-8(2)27-14(23)9(3)19-29(25)26-7-10(13(17)22)28-12(6-16)20-5-4-11(21)18-15(20)24/h4-5,8-10,12-13,22,29H,6-7H2,1-3H3,(H,19,25)(H,18,21,24)/t9-,10+,12+,13+/m0/s1. The number of esters is 1. The van der Waals surface area contributed by atoms with Gasteiger partial charge in [-0.05, 0) is 20.8 Å². The average molecular weight is 504 g/mol. The molecule has 14 heteroatoms. The van der Waals surface area contributed by atoms with Crippen LogP contribution in [-0.2, 0) is 23.4 Å². The van der Waals surface area contributed by atoms with Gasteiger partial charge in [0.1, 0.15) is 18.4 Å². The minimum Gasteiger partial charge on any atom is -0.462 e. The Morgan fingerprint density at radius 2 is 2.07 bits per heavy atom. The number of hydrogen-bond donors (Lipinski definition) is 3. The smallest absolute Gasteiger partial charge is 0.330 e. The van der Waals surface area contributed by atoms with Crippen molar-refractivity contribution in [2.24, 2.45) is 0 Å². The lowest BCUT2D eigenvalue weighted by Gasteiger charge is -2.25. The van der Waals surface area contributed by atoms with Crippen molar-refractivity contribution in [3.63, 3.8) is 0 Å². The van der Waals surface area contributed by atoms with Gasteiger partial charge in [-0.3, -0.25) is 23.7 Å². The number of carbonyl (C=O) groups is 1. The number of aliphatic hydroxyl groups is 1. The van der Waals surface area contributed by atoms with Crippen LogP contribution in [0.25, 0.3) is 0 Å². The van der Waals surface area contributed by atoms with E-state index in [1.807, 2.05) is 4.98 Å². The number of alkyl halides is 2. The Labute approximate surface area is 174 Å². The maximum Gasteiger partial charge on any atom is 0.330 e. The minimum absolute atomic E-state index is 0.00762. The lowest BCUT2D eigenvalue weighted by Crippen LogP contribution is -2.39. The fraction of sp³-hybridized carbons (Fsp3) is 0.667. The lowest BCUT2D eigenvalue weighted by molar-refractivity contribution is -0.151. The number of aliphatic hydroxyl groups excluding tert-OH is 1. The topological polar surface area (TPSA) is 149 Å². The normalized spacial score (nSPS) is 16.8. The van der Waals surface area contributed by atoms with Crippen LogP contribution in [0.3, 0.4) is 0 Å². The summed E-state index contributed by atoms with van der Waals surface area (Å²) in [4.78, 5) is 36.7. The first kappa shape index (κ1) is 25.7. The first-order chi connectivity index (χ1) is 13.5. The van der Waals surface area contributed by atoms with Crippen molar-refractivity contribution in [2.75, 3.05) is 11.9 Å². The van der Waals surface area contributed by atoms with Gasteiger partial charge in [0.2, 0.25) is 6.36 Å². The van der Waals surface area contributed by atoms with Crippen LogP contribution in [0, 0.1) is 0 Å². The van der Waals surface area contributed by atoms with E-state index in [1.54, 1.807) is 13.8 Å². The number of aromatic amines is 1. The molecule has 0 amide bonds. The molecule has 1 rings (SSSR count). The second-order valence-corrected chi connectivity index (χ2v) is 7.92. The minimum atomic E-state index is -3.00. The van der Waals surface area contributed by atoms with Gasteiger partial charge >= 0.3 is 11.7 Å². The van der Waals surface area contributed by atoms with E-state index in [4.69, 9.17) is 14.0 Å². The van der Waals surface area contributed by atoms with Gasteiger partial charge in [0.05, 0.1) is 12.7 Å². The number of hydrogen-bond acceptors (Lipinski definition) is 8. The van der Waals surface area contributed by atoms with Crippen LogP contribution in [0.15, 0.2) is 21.9 Å². The zero-order chi connectivity index (χ0) is 22.1. The van der Waals surface area contributed by atoms with Gasteiger partial charge in [0, 0.05) is 17.6 Å². The van der Waals surface area contributed by atoms with Crippen molar-refractivity contribution in [1.82, 2.24) is 14.6 Å². The molecule has 166 valence electrons. The molecule has 3 N–H and O–H groups in total. The number of nitrogens with zero attached hydrogens (tertiary/aromatic N) is 1. The Kier molecular flexibility index (Phi) is 10.9. The van der Waals surface area contributed by atoms with Crippen molar-refractivity contribution < 1.29 is 32.9 Å². The Bertz CT molecular complexity index is 802. The Morgan fingerprint density at radius 1 is 1.41 bits per heavy atom. The SMILES string of the molecule is CC(C)OC(=O)[C@H](C)N[PH](=O)OC[C@@H](O[C@H](CBr)n1ccc(=O)[nH]c1=O)[C@@H](O)F. The van der Waals surface area contributed by atoms with E-state index in [1.165, 1.54) is 6.92 Å². The lowest BCUT2D eigenvalue weighted by atomic mass is 10.4. The van der Waals surface area contributed by atoms with E-state index in [0.29, 0.717) is 0 Å². The van der Waals surface area contributed by atoms with Crippen LogP contribution < -0.4 is 16.3 Å². The molecule has 1 unspecified atom stereocenters. The number of H-pyrrole nitrogens is 1. The number of carbonyl (C=O) groups excluding carboxylic acids is 1. The van der Waals surface area contributed by atoms with Gasteiger partial charge < -0.3 is 19.1 Å². The maximum absolute atomic E-state index is 13.5. The molecule has 0 aliphatic carbocycles. The molecule has 0 bridgehead atoms. The first-order valence-corrected chi connectivity index (χ1v) is 11.0. The highest BCUT2D eigenvalue weighted by Crippen LogP contribution is 2.22. The van der Waals surface area contributed by atoms with E-state index < -0.39 is 56.7 Å². The van der Waals surface area contributed by atoms with Gasteiger partial charge in [0.15, 0.2) is 0 Å². The molecule has 29 heavy (non-hydrogen) atoms. The van der Waals surface area contributed by atoms with E-state index in [0.717, 1.165) is 16.8 Å². The van der Waals surface area contributed by atoms with Crippen molar-refractivity contribution in [3.05, 3.63) is 33.1 Å². The summed E-state index contributed by atoms with van der Waals surface area (Å²) >= 11 is 3.09. The van der Waals surface area contributed by atoms with Crippen LogP contribution in [0.2, 0.25) is 0 Å². The largest absolute Gasteiger partial charge is 0.462 e. The van der Waals surface area contributed by atoms with Gasteiger partial charge in [-0.1, -0.05) is 15.9 Å². The third-order valence-electron chi connectivity index (χ3n) is 3.35. The summed E-state index contributed by atoms with van der Waals surface area (Å²) < 4.78 is 41.7. The summed E-state index contributed by atoms with van der Waals surface area (Å²) in [6.45, 7) is 4.08. The molecule has 0 aliphatic rings. The first-order valence-electron chi connectivity index (χ1n) is 8.54. The summed E-state index contributed by atoms with van der Waals surface area (Å²) in [5.74, 6) is -0.642. The number of ether oxygens (including phenoxy) is 2. The third-order valence-corrected chi connectivity index (χ3v) is 5.00. The molecule has 0 saturated heterocycles. The average Bonchev–Trinajstić information content (AvgIpc) is 2.61. The monoisotopic (exact) mass is 503 g/mol. The second-order valence-electron chi connectivity index (χ2n) is 6.12. The van der Waals surface area contributed by atoms with E-state index in [9.17, 15) is 28.4 Å². The molecule has 5 atom stereocenters. The second kappa shape index (κ2) is 12.4. The van der Waals surface area contributed by atoms with Crippen LogP contribution >= 0.6 is 24.1 Å². The summed E-state index contributed by atoms with van der Waals surface area (Å²) in [7, 11) is -3.00. The van der Waals surface area contributed by atoms with Gasteiger partial charge in [0.25, 0.3) is 13.7 Å². The van der Waals surface area contributed by atoms with E-state index in [-0.39, 0.29) is 11.4 Å². The molecule has 11 nitrogen and oxygen atoms in total. The van der Waals surface area contributed by atoms with Crippen molar-refractivity contribution in [1.29, 1.82) is 0 Å². The highest BCUT2D eigenvalue weighted by atomic mass is 79.9. The molecular formula is C15H24BrFN3O8P. The van der Waals surface area contributed by atoms with Crippen molar-refractivity contribution >= 4 is 30.1 Å². The Morgan fingerprint density at radius 3 is 2.59 bits per heavy atom. The summed E-state index contributed by atoms with van der Waals surface area (Å²) in [5.41, 5.74) is -1.43. The third kappa shape index (κ3) is 8.89. The quantitative estimate of drug-likeness (QED) is 0.209. The predicted molar refractivity (Wildman–Crippen MR) is 105 cm³/mol. The number of halogens is 2. The zero-order valence-electron chi connectivity index (χ0n) is 16.0. The molecular weight excluding hydrogens is 480 g/mol. The molecule has 1 aromatic rings. The van der Waals surface area contributed by atoms with E-state index >= 15 is 0 Å². The molecule has 0 aromatic carbocycles. The summed E-state index contributed by atoms with van der Waals surface area (Å²) in [6, 6.07) is 0.131. The van der Waals surface area contributed by atoms with Crippen LogP contribution in [0.1, 0.15) is 27.0 Å². The zero-order valence-corrected chi connectivity index (χ0v) is 18.5. The van der Waals surface area contributed by atoms with E-state index in [2.05, 4.69) is 21.0 Å². The van der Waals surface area contributed by atoms with Gasteiger partial charge in [-0.2, -0.15) is 0 Å². The molecule has 0 radical (unpaired) electrons. The fourth-order valence-corrected chi connectivity index (χ4v) is 3.32. The van der Waals surface area contributed by atoms with Crippen molar-refractivity contribution in [2.45, 2.75) is 51.6 Å². The Balaban J connectivity index is 2.70. The van der Waals surface area contributed by atoms with Crippen LogP contribution in [0.5, 0.6) is 0 Å². The number of rotatable bonds is 12. The summed E-state index contributed by atoms with van der Waals surface area (Å²) in [6.07, 6.45) is -4.44. The molecule has 0 aliphatic heterocycles. The molecule has 1 heterocycles. The molecule has 0 saturated carbocycles. The fourth-order valence-electron chi connectivity index (χ4n) is 1.99. The highest BCUT2D eigenvalue weighted by Gasteiger charge is 2.27. The van der Waals surface area contributed by atoms with Crippen LogP contribution in [-0.4, -0.2) is 57.2 Å². The van der Waals surface area contributed by atoms with Gasteiger partial charge in [-0.15, -0.1) is 0 Å². The molecule has 0 fully saturated rings. The van der Waals surface area contributed by atoms with Crippen molar-refractivity contribution in [3.8, 4) is 0 Å². The summed E-state index contributed by atoms with van der Waals surface area (Å²) in [5, 5.41) is 11.7.